The normalized spacial score (nSPS) is 21.6. The zero-order valence-electron chi connectivity index (χ0n) is 14.9. The lowest BCUT2D eigenvalue weighted by molar-refractivity contribution is -0.140. The third kappa shape index (κ3) is 4.87. The van der Waals surface area contributed by atoms with Gasteiger partial charge in [0.25, 0.3) is 0 Å². The van der Waals surface area contributed by atoms with Crippen LogP contribution in [0.25, 0.3) is 0 Å². The van der Waals surface area contributed by atoms with E-state index in [0.717, 1.165) is 12.1 Å². The monoisotopic (exact) mass is 377 g/mol. The van der Waals surface area contributed by atoms with Crippen LogP contribution in [-0.2, 0) is 10.9 Å². The molecule has 0 aliphatic carbocycles. The average Bonchev–Trinajstić information content (AvgIpc) is 2.52. The molecule has 1 unspecified atom stereocenters. The fourth-order valence-electron chi connectivity index (χ4n) is 3.14. The number of nitrogens with zero attached hydrogens (tertiary/aromatic N) is 1. The van der Waals surface area contributed by atoms with Gasteiger partial charge in [-0.25, -0.2) is 9.18 Å². The van der Waals surface area contributed by atoms with E-state index in [-0.39, 0.29) is 19.7 Å². The highest BCUT2D eigenvalue weighted by Gasteiger charge is 2.37. The summed E-state index contributed by atoms with van der Waals surface area (Å²) in [5, 5.41) is 9.66. The molecule has 146 valence electrons. The zero-order valence-corrected chi connectivity index (χ0v) is 14.9. The Morgan fingerprint density at radius 1 is 1.31 bits per heavy atom. The first kappa shape index (κ1) is 20.5. The molecule has 0 saturated carbocycles. The van der Waals surface area contributed by atoms with E-state index in [1.165, 1.54) is 11.0 Å². The lowest BCUT2D eigenvalue weighted by Crippen LogP contribution is -2.46. The highest BCUT2D eigenvalue weighted by molar-refractivity contribution is 5.68. The lowest BCUT2D eigenvalue weighted by atomic mass is 9.80. The highest BCUT2D eigenvalue weighted by Crippen LogP contribution is 2.38. The van der Waals surface area contributed by atoms with E-state index in [1.807, 2.05) is 0 Å². The van der Waals surface area contributed by atoms with Crippen LogP contribution >= 0.6 is 0 Å². The van der Waals surface area contributed by atoms with Crippen LogP contribution in [-0.4, -0.2) is 41.4 Å². The van der Waals surface area contributed by atoms with Crippen LogP contribution in [0.15, 0.2) is 18.2 Å². The van der Waals surface area contributed by atoms with E-state index in [2.05, 4.69) is 0 Å². The number of halogens is 4. The molecule has 1 aliphatic heterocycles. The zero-order chi connectivity index (χ0) is 19.7. The number of aliphatic hydroxyl groups is 1. The Morgan fingerprint density at radius 3 is 2.50 bits per heavy atom. The molecule has 1 aliphatic rings. The molecular weight excluding hydrogens is 354 g/mol. The molecule has 1 amide bonds. The van der Waals surface area contributed by atoms with Crippen molar-refractivity contribution in [1.29, 1.82) is 0 Å². The molecule has 1 aromatic rings. The maximum Gasteiger partial charge on any atom is 0.419 e. The summed E-state index contributed by atoms with van der Waals surface area (Å²) in [5.41, 5.74) is -1.68. The SMILES string of the molecule is CC(C)(C)OC(=O)N1CCC(c2ccc(F)c(C(F)(F)F)c2)[C@H](CO)C1. The van der Waals surface area contributed by atoms with Gasteiger partial charge in [-0.15, -0.1) is 0 Å². The first-order valence-electron chi connectivity index (χ1n) is 8.38. The molecule has 0 aromatic heterocycles. The Kier molecular flexibility index (Phi) is 5.85. The molecule has 4 nitrogen and oxygen atoms in total. The van der Waals surface area contributed by atoms with E-state index < -0.39 is 41.1 Å². The van der Waals surface area contributed by atoms with E-state index in [4.69, 9.17) is 4.74 Å². The van der Waals surface area contributed by atoms with Crippen LogP contribution in [0.2, 0.25) is 0 Å². The molecule has 1 N–H and O–H groups in total. The van der Waals surface area contributed by atoms with Crippen molar-refractivity contribution in [2.75, 3.05) is 19.7 Å². The number of amides is 1. The number of carbonyl (C=O) groups excluding carboxylic acids is 1. The van der Waals surface area contributed by atoms with Crippen LogP contribution in [0.1, 0.15) is 44.2 Å². The molecule has 2 rings (SSSR count). The van der Waals surface area contributed by atoms with Crippen LogP contribution in [0.3, 0.4) is 0 Å². The second kappa shape index (κ2) is 7.42. The largest absolute Gasteiger partial charge is 0.444 e. The number of hydrogen-bond acceptors (Lipinski definition) is 3. The highest BCUT2D eigenvalue weighted by atomic mass is 19.4. The van der Waals surface area contributed by atoms with Crippen molar-refractivity contribution >= 4 is 6.09 Å². The van der Waals surface area contributed by atoms with Gasteiger partial charge < -0.3 is 14.7 Å². The van der Waals surface area contributed by atoms with Crippen molar-refractivity contribution in [1.82, 2.24) is 4.90 Å². The van der Waals surface area contributed by atoms with Gasteiger partial charge in [-0.3, -0.25) is 0 Å². The summed E-state index contributed by atoms with van der Waals surface area (Å²) in [6.07, 6.45) is -4.95. The predicted molar refractivity (Wildman–Crippen MR) is 87.1 cm³/mol. The van der Waals surface area contributed by atoms with Gasteiger partial charge in [0.2, 0.25) is 0 Å². The minimum Gasteiger partial charge on any atom is -0.444 e. The number of rotatable bonds is 2. The number of carbonyl (C=O) groups is 1. The van der Waals surface area contributed by atoms with Crippen LogP contribution in [0.5, 0.6) is 0 Å². The smallest absolute Gasteiger partial charge is 0.419 e. The first-order chi connectivity index (χ1) is 11.9. The van der Waals surface area contributed by atoms with Crippen molar-refractivity contribution in [3.63, 3.8) is 0 Å². The number of aliphatic hydroxyl groups excluding tert-OH is 1. The quantitative estimate of drug-likeness (QED) is 0.787. The van der Waals surface area contributed by atoms with Crippen molar-refractivity contribution in [2.45, 2.75) is 44.9 Å². The minimum absolute atomic E-state index is 0.162. The number of hydrogen-bond donors (Lipinski definition) is 1. The molecule has 0 spiro atoms. The third-order valence-electron chi connectivity index (χ3n) is 4.34. The molecule has 26 heavy (non-hydrogen) atoms. The summed E-state index contributed by atoms with van der Waals surface area (Å²) in [7, 11) is 0. The number of piperidine rings is 1. The summed E-state index contributed by atoms with van der Waals surface area (Å²) in [6, 6.07) is 2.90. The summed E-state index contributed by atoms with van der Waals surface area (Å²) in [6.45, 7) is 5.35. The van der Waals surface area contributed by atoms with Gasteiger partial charge in [-0.1, -0.05) is 6.07 Å². The van der Waals surface area contributed by atoms with Gasteiger partial charge in [0.1, 0.15) is 11.4 Å². The second-order valence-electron chi connectivity index (χ2n) is 7.50. The van der Waals surface area contributed by atoms with Gasteiger partial charge in [0, 0.05) is 25.6 Å². The Morgan fingerprint density at radius 2 is 1.96 bits per heavy atom. The van der Waals surface area contributed by atoms with Gasteiger partial charge in [-0.2, -0.15) is 13.2 Å². The standard InChI is InChI=1S/C18H23F4NO3/c1-17(2,3)26-16(25)23-7-6-13(12(9-23)10-24)11-4-5-15(19)14(8-11)18(20,21)22/h4-5,8,12-13,24H,6-7,9-10H2,1-3H3/t12-,13?/m0/s1. The molecule has 0 bridgehead atoms. The summed E-state index contributed by atoms with van der Waals surface area (Å²) in [4.78, 5) is 13.6. The minimum atomic E-state index is -4.79. The summed E-state index contributed by atoms with van der Waals surface area (Å²) in [5.74, 6) is -2.18. The number of likely N-dealkylation sites (tertiary alicyclic amines) is 1. The fraction of sp³-hybridized carbons (Fsp3) is 0.611. The van der Waals surface area contributed by atoms with Crippen molar-refractivity contribution in [3.8, 4) is 0 Å². The van der Waals surface area contributed by atoms with Crippen molar-refractivity contribution in [3.05, 3.63) is 35.1 Å². The fourth-order valence-corrected chi connectivity index (χ4v) is 3.14. The molecule has 1 saturated heterocycles. The van der Waals surface area contributed by atoms with E-state index in [0.29, 0.717) is 12.0 Å². The van der Waals surface area contributed by atoms with Gasteiger partial charge in [0.05, 0.1) is 5.56 Å². The van der Waals surface area contributed by atoms with Gasteiger partial charge >= 0.3 is 12.3 Å². The maximum atomic E-state index is 13.5. The van der Waals surface area contributed by atoms with Crippen LogP contribution in [0, 0.1) is 11.7 Å². The topological polar surface area (TPSA) is 49.8 Å². The Bertz CT molecular complexity index is 655. The molecule has 0 radical (unpaired) electrons. The predicted octanol–water partition coefficient (Wildman–Crippen LogP) is 4.18. The van der Waals surface area contributed by atoms with Crippen molar-refractivity contribution < 1.29 is 32.2 Å². The first-order valence-corrected chi connectivity index (χ1v) is 8.38. The number of alkyl halides is 3. The van der Waals surface area contributed by atoms with Crippen LogP contribution in [0.4, 0.5) is 22.4 Å². The van der Waals surface area contributed by atoms with Crippen molar-refractivity contribution in [2.24, 2.45) is 5.92 Å². The molecule has 1 heterocycles. The Labute approximate surface area is 149 Å². The van der Waals surface area contributed by atoms with Gasteiger partial charge in [0.15, 0.2) is 0 Å². The third-order valence-corrected chi connectivity index (χ3v) is 4.34. The number of ether oxygens (including phenoxy) is 1. The van der Waals surface area contributed by atoms with E-state index in [1.54, 1.807) is 20.8 Å². The molecule has 1 aromatic carbocycles. The van der Waals surface area contributed by atoms with Gasteiger partial charge in [-0.05, 0) is 50.8 Å². The molecule has 8 heteroatoms. The summed E-state index contributed by atoms with van der Waals surface area (Å²) >= 11 is 0. The Hall–Kier alpha value is -1.83. The Balaban J connectivity index is 2.19. The van der Waals surface area contributed by atoms with Crippen LogP contribution < -0.4 is 0 Å². The van der Waals surface area contributed by atoms with E-state index >= 15 is 0 Å². The average molecular weight is 377 g/mol. The lowest BCUT2D eigenvalue weighted by Gasteiger charge is -2.38. The molecule has 1 fully saturated rings. The second-order valence-corrected chi connectivity index (χ2v) is 7.50. The maximum absolute atomic E-state index is 13.5. The molecule has 2 atom stereocenters. The van der Waals surface area contributed by atoms with E-state index in [9.17, 15) is 27.5 Å². The summed E-state index contributed by atoms with van der Waals surface area (Å²) < 4.78 is 57.6. The number of benzene rings is 1. The molecular formula is C18H23F4NO3.